The maximum absolute atomic E-state index is 13.5. The number of nitrogens with zero attached hydrogens (tertiary/aromatic N) is 5. The Balaban J connectivity index is 1.32. The van der Waals surface area contributed by atoms with Crippen molar-refractivity contribution in [3.05, 3.63) is 120 Å². The van der Waals surface area contributed by atoms with E-state index in [9.17, 15) is 9.59 Å². The first kappa shape index (κ1) is 24.4. The number of hydrogen-bond acceptors (Lipinski definition) is 5. The van der Waals surface area contributed by atoms with Crippen molar-refractivity contribution in [3.8, 4) is 0 Å². The molecule has 0 spiro atoms. The smallest absolute Gasteiger partial charge is 0.257 e. The molecule has 188 valence electrons. The van der Waals surface area contributed by atoms with Gasteiger partial charge in [-0.3, -0.25) is 19.3 Å². The van der Waals surface area contributed by atoms with E-state index in [1.165, 1.54) is 0 Å². The predicted octanol–water partition coefficient (Wildman–Crippen LogP) is 3.40. The molecule has 1 aliphatic rings. The van der Waals surface area contributed by atoms with Crippen molar-refractivity contribution in [1.82, 2.24) is 24.6 Å². The first-order chi connectivity index (χ1) is 18.1. The Labute approximate surface area is 216 Å². The molecule has 0 unspecified atom stereocenters. The van der Waals surface area contributed by atoms with Gasteiger partial charge in [-0.2, -0.15) is 5.10 Å². The van der Waals surface area contributed by atoms with E-state index in [0.29, 0.717) is 38.3 Å². The zero-order chi connectivity index (χ0) is 25.5. The topological polar surface area (TPSA) is 80.6 Å². The molecule has 1 aliphatic heterocycles. The molecule has 8 nitrogen and oxygen atoms in total. The molecule has 37 heavy (non-hydrogen) atoms. The van der Waals surface area contributed by atoms with Gasteiger partial charge in [0.25, 0.3) is 5.91 Å². The summed E-state index contributed by atoms with van der Waals surface area (Å²) in [4.78, 5) is 34.4. The predicted molar refractivity (Wildman–Crippen MR) is 138 cm³/mol. The highest BCUT2D eigenvalue weighted by atomic mass is 16.5. The molecule has 8 heteroatoms. The van der Waals surface area contributed by atoms with Crippen LogP contribution in [0.2, 0.25) is 0 Å². The van der Waals surface area contributed by atoms with Gasteiger partial charge in [-0.1, -0.05) is 66.7 Å². The van der Waals surface area contributed by atoms with E-state index in [1.807, 2.05) is 78.9 Å². The van der Waals surface area contributed by atoms with Gasteiger partial charge >= 0.3 is 0 Å². The minimum Gasteiger partial charge on any atom is -0.368 e. The van der Waals surface area contributed by atoms with E-state index in [4.69, 9.17) is 4.74 Å². The van der Waals surface area contributed by atoms with Gasteiger partial charge in [0, 0.05) is 32.0 Å². The van der Waals surface area contributed by atoms with Crippen molar-refractivity contribution in [3.63, 3.8) is 0 Å². The fraction of sp³-hybridized carbons (Fsp3) is 0.241. The van der Waals surface area contributed by atoms with Gasteiger partial charge in [-0.15, -0.1) is 0 Å². The van der Waals surface area contributed by atoms with Crippen LogP contribution in [0.5, 0.6) is 0 Å². The molecular formula is C29H29N5O3. The second-order valence-electron chi connectivity index (χ2n) is 9.11. The molecule has 0 aliphatic carbocycles. The van der Waals surface area contributed by atoms with Crippen LogP contribution in [0.4, 0.5) is 0 Å². The molecule has 0 saturated carbocycles. The van der Waals surface area contributed by atoms with Crippen LogP contribution in [-0.4, -0.2) is 62.1 Å². The summed E-state index contributed by atoms with van der Waals surface area (Å²) in [5.74, 6) is -0.349. The van der Waals surface area contributed by atoms with E-state index in [-0.39, 0.29) is 24.5 Å². The second kappa shape index (κ2) is 11.6. The maximum atomic E-state index is 13.5. The molecule has 0 radical (unpaired) electrons. The molecule has 2 aromatic carbocycles. The largest absolute Gasteiger partial charge is 0.368 e. The number of hydrogen-bond donors (Lipinski definition) is 0. The number of rotatable bonds is 8. The molecule has 4 aromatic rings. The Morgan fingerprint density at radius 3 is 2.30 bits per heavy atom. The van der Waals surface area contributed by atoms with Crippen LogP contribution in [-0.2, 0) is 29.2 Å². The third kappa shape index (κ3) is 6.48. The van der Waals surface area contributed by atoms with Crippen LogP contribution in [0.1, 0.15) is 27.2 Å². The normalized spacial score (nSPS) is 16.0. The molecule has 1 saturated heterocycles. The van der Waals surface area contributed by atoms with Crippen LogP contribution in [0.15, 0.2) is 97.5 Å². The van der Waals surface area contributed by atoms with Crippen molar-refractivity contribution in [1.29, 1.82) is 0 Å². The molecular weight excluding hydrogens is 466 g/mol. The summed E-state index contributed by atoms with van der Waals surface area (Å²) in [6, 6.07) is 25.4. The Kier molecular flexibility index (Phi) is 7.66. The van der Waals surface area contributed by atoms with Gasteiger partial charge in [0.2, 0.25) is 5.91 Å². The summed E-state index contributed by atoms with van der Waals surface area (Å²) in [7, 11) is 0. The average molecular weight is 496 g/mol. The number of carbonyl (C=O) groups excluding carboxylic acids is 2. The minimum absolute atomic E-state index is 0.0149. The zero-order valence-corrected chi connectivity index (χ0v) is 20.5. The Hall–Kier alpha value is -4.30. The molecule has 1 atom stereocenters. The van der Waals surface area contributed by atoms with Crippen molar-refractivity contribution >= 4 is 11.8 Å². The van der Waals surface area contributed by atoms with Crippen molar-refractivity contribution < 1.29 is 14.3 Å². The Morgan fingerprint density at radius 1 is 0.892 bits per heavy atom. The summed E-state index contributed by atoms with van der Waals surface area (Å²) in [6.45, 7) is 1.99. The lowest BCUT2D eigenvalue weighted by Crippen LogP contribution is -2.39. The summed E-state index contributed by atoms with van der Waals surface area (Å²) in [5, 5.41) is 4.37. The summed E-state index contributed by atoms with van der Waals surface area (Å²) in [6.07, 6.45) is 4.66. The fourth-order valence-electron chi connectivity index (χ4n) is 4.40. The van der Waals surface area contributed by atoms with Crippen molar-refractivity contribution in [2.45, 2.75) is 25.8 Å². The highest BCUT2D eigenvalue weighted by molar-refractivity contribution is 5.96. The van der Waals surface area contributed by atoms with Crippen LogP contribution >= 0.6 is 0 Å². The Bertz CT molecular complexity index is 1310. The number of ether oxygens (including phenoxy) is 1. The van der Waals surface area contributed by atoms with Crippen LogP contribution in [0, 0.1) is 0 Å². The quantitative estimate of drug-likeness (QED) is 0.374. The molecule has 2 amide bonds. The van der Waals surface area contributed by atoms with Crippen LogP contribution < -0.4 is 0 Å². The number of pyridine rings is 1. The molecule has 3 heterocycles. The zero-order valence-electron chi connectivity index (χ0n) is 20.5. The van der Waals surface area contributed by atoms with E-state index < -0.39 is 0 Å². The first-order valence-electron chi connectivity index (χ1n) is 12.3. The second-order valence-corrected chi connectivity index (χ2v) is 9.11. The van der Waals surface area contributed by atoms with Gasteiger partial charge in [0.05, 0.1) is 36.7 Å². The SMILES string of the molecule is O=C1CN(C(=O)c2cnn(Cc3ccccc3)c2)C[C@@H](OCc2ccccn2)CN1Cc1ccccc1. The third-order valence-electron chi connectivity index (χ3n) is 6.29. The summed E-state index contributed by atoms with van der Waals surface area (Å²) < 4.78 is 7.93. The van der Waals surface area contributed by atoms with Gasteiger partial charge in [0.15, 0.2) is 0 Å². The monoisotopic (exact) mass is 495 g/mol. The summed E-state index contributed by atoms with van der Waals surface area (Å²) in [5.41, 5.74) is 3.37. The summed E-state index contributed by atoms with van der Waals surface area (Å²) >= 11 is 0. The fourth-order valence-corrected chi connectivity index (χ4v) is 4.40. The van der Waals surface area contributed by atoms with Crippen LogP contribution in [0.25, 0.3) is 0 Å². The van der Waals surface area contributed by atoms with E-state index in [1.54, 1.807) is 33.1 Å². The molecule has 5 rings (SSSR count). The number of amides is 2. The average Bonchev–Trinajstić information content (AvgIpc) is 3.34. The van der Waals surface area contributed by atoms with E-state index >= 15 is 0 Å². The molecule has 0 bridgehead atoms. The number of aromatic nitrogens is 3. The molecule has 1 fully saturated rings. The maximum Gasteiger partial charge on any atom is 0.257 e. The van der Waals surface area contributed by atoms with E-state index in [0.717, 1.165) is 16.8 Å². The van der Waals surface area contributed by atoms with Gasteiger partial charge in [-0.05, 0) is 23.3 Å². The minimum atomic E-state index is -0.361. The standard InChI is InChI=1S/C29H29N5O3/c35-28-21-33(29(36)25-15-31-34(18-25)17-24-11-5-2-6-12-24)20-27(37-22-26-13-7-8-14-30-26)19-32(28)16-23-9-3-1-4-10-23/h1-15,18,27H,16-17,19-22H2/t27-/m0/s1. The van der Waals surface area contributed by atoms with Gasteiger partial charge in [-0.25, -0.2) is 0 Å². The third-order valence-corrected chi connectivity index (χ3v) is 6.29. The van der Waals surface area contributed by atoms with Crippen molar-refractivity contribution in [2.24, 2.45) is 0 Å². The first-order valence-corrected chi connectivity index (χ1v) is 12.3. The highest BCUT2D eigenvalue weighted by Crippen LogP contribution is 2.16. The number of benzene rings is 2. The lowest BCUT2D eigenvalue weighted by atomic mass is 10.2. The lowest BCUT2D eigenvalue weighted by molar-refractivity contribution is -0.132. The number of carbonyl (C=O) groups is 2. The highest BCUT2D eigenvalue weighted by Gasteiger charge is 2.32. The molecule has 0 N–H and O–H groups in total. The lowest BCUT2D eigenvalue weighted by Gasteiger charge is -2.24. The van der Waals surface area contributed by atoms with Gasteiger partial charge in [0.1, 0.15) is 6.54 Å². The Morgan fingerprint density at radius 2 is 1.59 bits per heavy atom. The van der Waals surface area contributed by atoms with Gasteiger partial charge < -0.3 is 14.5 Å². The molecule has 2 aromatic heterocycles. The van der Waals surface area contributed by atoms with E-state index in [2.05, 4.69) is 10.1 Å². The van der Waals surface area contributed by atoms with Crippen LogP contribution in [0.3, 0.4) is 0 Å². The van der Waals surface area contributed by atoms with Crippen molar-refractivity contribution in [2.75, 3.05) is 19.6 Å².